The third-order valence-corrected chi connectivity index (χ3v) is 6.00. The van der Waals surface area contributed by atoms with Gasteiger partial charge in [0.2, 0.25) is 0 Å². The van der Waals surface area contributed by atoms with E-state index in [1.165, 1.54) is 16.5 Å². The lowest BCUT2D eigenvalue weighted by molar-refractivity contribution is 0.111. The number of ether oxygens (including phenoxy) is 1. The quantitative estimate of drug-likeness (QED) is 0.383. The van der Waals surface area contributed by atoms with Gasteiger partial charge in [0.05, 0.1) is 16.7 Å². The van der Waals surface area contributed by atoms with Crippen molar-refractivity contribution in [3.05, 3.63) is 58.4 Å². The van der Waals surface area contributed by atoms with Crippen molar-refractivity contribution in [3.8, 4) is 0 Å². The number of H-pyrrole nitrogens is 1. The zero-order valence-corrected chi connectivity index (χ0v) is 18.0. The summed E-state index contributed by atoms with van der Waals surface area (Å²) in [4.78, 5) is 20.7. The molecule has 0 aliphatic heterocycles. The number of aromatic amines is 1. The summed E-state index contributed by atoms with van der Waals surface area (Å²) in [6, 6.07) is 10.2. The van der Waals surface area contributed by atoms with E-state index < -0.39 is 0 Å². The molecule has 6 nitrogen and oxygen atoms in total. The molecule has 1 amide bonds. The first kappa shape index (κ1) is 20.2. The molecule has 0 saturated carbocycles. The molecule has 0 saturated heterocycles. The summed E-state index contributed by atoms with van der Waals surface area (Å²) in [5.74, 6) is 0.528. The lowest BCUT2D eigenvalue weighted by atomic mass is 9.90. The number of hydrogen-bond acceptors (Lipinski definition) is 4. The van der Waals surface area contributed by atoms with Gasteiger partial charge in [0.25, 0.3) is 0 Å². The second-order valence-electron chi connectivity index (χ2n) is 7.71. The highest BCUT2D eigenvalue weighted by Crippen LogP contribution is 2.33. The second kappa shape index (κ2) is 8.75. The van der Waals surface area contributed by atoms with Crippen LogP contribution in [0.1, 0.15) is 43.6 Å². The van der Waals surface area contributed by atoms with Crippen LogP contribution in [0.3, 0.4) is 0 Å². The van der Waals surface area contributed by atoms with Crippen LogP contribution in [0.25, 0.3) is 16.5 Å². The number of carbonyl (C=O) groups excluding carboxylic acids is 1. The molecule has 3 aromatic rings. The Morgan fingerprint density at radius 3 is 2.93 bits per heavy atom. The maximum atomic E-state index is 11.8. The summed E-state index contributed by atoms with van der Waals surface area (Å²) in [7, 11) is 0. The molecule has 1 aromatic carbocycles. The molecular weight excluding hydrogens is 396 g/mol. The Hall–Kier alpha value is -3.06. The minimum absolute atomic E-state index is 0.110. The number of benzene rings is 1. The van der Waals surface area contributed by atoms with Crippen LogP contribution in [0.4, 0.5) is 10.5 Å². The van der Waals surface area contributed by atoms with Crippen molar-refractivity contribution in [1.29, 1.82) is 0 Å². The molecule has 0 radical (unpaired) electrons. The van der Waals surface area contributed by atoms with Crippen molar-refractivity contribution in [2.75, 3.05) is 0 Å². The van der Waals surface area contributed by atoms with E-state index in [1.807, 2.05) is 49.7 Å². The number of allylic oxidation sites excluding steroid dienone is 1. The Kier molecular flexibility index (Phi) is 5.90. The van der Waals surface area contributed by atoms with Gasteiger partial charge in [0.1, 0.15) is 5.84 Å². The highest BCUT2D eigenvalue weighted by Gasteiger charge is 2.20. The molecule has 1 unspecified atom stereocenters. The third kappa shape index (κ3) is 4.57. The largest absolute Gasteiger partial charge is 0.447 e. The van der Waals surface area contributed by atoms with Crippen molar-refractivity contribution in [2.45, 2.75) is 45.3 Å². The molecule has 4 N–H and O–H groups in total. The molecule has 156 valence electrons. The van der Waals surface area contributed by atoms with Gasteiger partial charge in [-0.15, -0.1) is 11.3 Å². The van der Waals surface area contributed by atoms with Crippen LogP contribution in [-0.4, -0.2) is 29.1 Å². The van der Waals surface area contributed by atoms with Crippen molar-refractivity contribution in [1.82, 2.24) is 10.3 Å². The molecule has 2 aromatic heterocycles. The molecule has 0 bridgehead atoms. The standard InChI is InChI=1S/C23H26N4O2S/c1-14(2)29-23(28)27-16-7-5-15(6-8-16)19-13-25-20-12-17(9-10-18(19)20)26-22(24)21-4-3-11-30-21/h3-5,9-14,16,25H,6-8H2,1-2H3,(H2,24,26)(H,27,28). The summed E-state index contributed by atoms with van der Waals surface area (Å²) >= 11 is 1.58. The SMILES string of the molecule is CC(C)OC(=O)NC1CC=C(c2c[nH]c3cc(N=C(N)c4cccs4)ccc23)CC1. The van der Waals surface area contributed by atoms with E-state index in [2.05, 4.69) is 27.4 Å². The van der Waals surface area contributed by atoms with Crippen molar-refractivity contribution >= 4 is 45.4 Å². The van der Waals surface area contributed by atoms with E-state index in [0.29, 0.717) is 5.84 Å². The Bertz CT molecular complexity index is 1100. The number of rotatable bonds is 5. The van der Waals surface area contributed by atoms with E-state index in [0.717, 1.165) is 35.3 Å². The van der Waals surface area contributed by atoms with Gasteiger partial charge in [-0.25, -0.2) is 9.79 Å². The van der Waals surface area contributed by atoms with E-state index in [-0.39, 0.29) is 18.2 Å². The summed E-state index contributed by atoms with van der Waals surface area (Å²) in [5.41, 5.74) is 10.5. The predicted molar refractivity (Wildman–Crippen MR) is 123 cm³/mol. The summed E-state index contributed by atoms with van der Waals surface area (Å²) in [5, 5.41) is 6.11. The van der Waals surface area contributed by atoms with Gasteiger partial charge >= 0.3 is 6.09 Å². The molecule has 7 heteroatoms. The lowest BCUT2D eigenvalue weighted by Crippen LogP contribution is -2.37. The van der Waals surface area contributed by atoms with Crippen molar-refractivity contribution < 1.29 is 9.53 Å². The van der Waals surface area contributed by atoms with E-state index in [9.17, 15) is 4.79 Å². The summed E-state index contributed by atoms with van der Waals surface area (Å²) in [6.07, 6.45) is 6.42. The summed E-state index contributed by atoms with van der Waals surface area (Å²) < 4.78 is 5.18. The number of thiophene rings is 1. The molecule has 0 fully saturated rings. The first-order chi connectivity index (χ1) is 14.5. The molecular formula is C23H26N4O2S. The Morgan fingerprint density at radius 2 is 2.23 bits per heavy atom. The van der Waals surface area contributed by atoms with Gasteiger partial charge in [-0.2, -0.15) is 0 Å². The number of nitrogens with two attached hydrogens (primary N) is 1. The number of amidine groups is 1. The number of aliphatic imine (C=N–C) groups is 1. The number of alkyl carbamates (subject to hydrolysis) is 1. The maximum Gasteiger partial charge on any atom is 0.407 e. The second-order valence-corrected chi connectivity index (χ2v) is 8.65. The minimum atomic E-state index is -0.339. The van der Waals surface area contributed by atoms with Crippen molar-refractivity contribution in [2.24, 2.45) is 10.7 Å². The number of nitrogens with zero attached hydrogens (tertiary/aromatic N) is 1. The fourth-order valence-corrected chi connectivity index (χ4v) is 4.32. The van der Waals surface area contributed by atoms with Gasteiger partial charge < -0.3 is 20.8 Å². The number of nitrogens with one attached hydrogen (secondary N) is 2. The zero-order valence-electron chi connectivity index (χ0n) is 17.1. The summed E-state index contributed by atoms with van der Waals surface area (Å²) in [6.45, 7) is 3.70. The average Bonchev–Trinajstić information content (AvgIpc) is 3.38. The van der Waals surface area contributed by atoms with Gasteiger partial charge in [0.15, 0.2) is 0 Å². The predicted octanol–water partition coefficient (Wildman–Crippen LogP) is 5.34. The molecule has 30 heavy (non-hydrogen) atoms. The van der Waals surface area contributed by atoms with Gasteiger partial charge in [-0.3, -0.25) is 0 Å². The van der Waals surface area contributed by atoms with Crippen LogP contribution in [0.15, 0.2) is 53.0 Å². The van der Waals surface area contributed by atoms with E-state index >= 15 is 0 Å². The van der Waals surface area contributed by atoms with Crippen molar-refractivity contribution in [3.63, 3.8) is 0 Å². The minimum Gasteiger partial charge on any atom is -0.447 e. The van der Waals surface area contributed by atoms with Crippen LogP contribution >= 0.6 is 11.3 Å². The van der Waals surface area contributed by atoms with Crippen LogP contribution < -0.4 is 11.1 Å². The molecule has 4 rings (SSSR count). The number of hydrogen-bond donors (Lipinski definition) is 3. The Labute approximate surface area is 179 Å². The van der Waals surface area contributed by atoms with Gasteiger partial charge in [-0.1, -0.05) is 18.2 Å². The maximum absolute atomic E-state index is 11.8. The zero-order chi connectivity index (χ0) is 21.1. The molecule has 1 aliphatic rings. The van der Waals surface area contributed by atoms with E-state index in [1.54, 1.807) is 11.3 Å². The Balaban J connectivity index is 1.48. The molecule has 2 heterocycles. The Morgan fingerprint density at radius 1 is 1.37 bits per heavy atom. The first-order valence-corrected chi connectivity index (χ1v) is 11.0. The fourth-order valence-electron chi connectivity index (χ4n) is 3.69. The number of fused-ring (bicyclic) bond motifs is 1. The average molecular weight is 423 g/mol. The fraction of sp³-hybridized carbons (Fsp3) is 0.304. The van der Waals surface area contributed by atoms with Crippen LogP contribution in [0, 0.1) is 0 Å². The van der Waals surface area contributed by atoms with E-state index in [4.69, 9.17) is 10.5 Å². The first-order valence-electron chi connectivity index (χ1n) is 10.2. The highest BCUT2D eigenvalue weighted by atomic mass is 32.1. The molecule has 1 aliphatic carbocycles. The third-order valence-electron chi connectivity index (χ3n) is 5.11. The topological polar surface area (TPSA) is 92.5 Å². The molecule has 1 atom stereocenters. The van der Waals surface area contributed by atoms with Gasteiger partial charge in [-0.05, 0) is 62.3 Å². The monoisotopic (exact) mass is 422 g/mol. The molecule has 0 spiro atoms. The van der Waals surface area contributed by atoms with Crippen LogP contribution in [0.5, 0.6) is 0 Å². The van der Waals surface area contributed by atoms with Crippen LogP contribution in [0.2, 0.25) is 0 Å². The van der Waals surface area contributed by atoms with Crippen LogP contribution in [-0.2, 0) is 4.74 Å². The van der Waals surface area contributed by atoms with Gasteiger partial charge in [0, 0.05) is 28.7 Å². The number of carbonyl (C=O) groups is 1. The lowest BCUT2D eigenvalue weighted by Gasteiger charge is -2.23. The number of amides is 1. The highest BCUT2D eigenvalue weighted by molar-refractivity contribution is 7.12. The smallest absolute Gasteiger partial charge is 0.407 e. The normalized spacial score (nSPS) is 17.2. The number of aromatic nitrogens is 1.